The van der Waals surface area contributed by atoms with Gasteiger partial charge in [-0.3, -0.25) is 0 Å². The zero-order valence-corrected chi connectivity index (χ0v) is 32.0. The van der Waals surface area contributed by atoms with Gasteiger partial charge in [0.25, 0.3) is 0 Å². The van der Waals surface area contributed by atoms with Crippen molar-refractivity contribution in [2.24, 2.45) is 0 Å². The number of hydrogen-bond acceptors (Lipinski definition) is 0. The van der Waals surface area contributed by atoms with Crippen molar-refractivity contribution in [2.75, 3.05) is 0 Å². The van der Waals surface area contributed by atoms with E-state index >= 15 is 0 Å². The molecule has 0 nitrogen and oxygen atoms in total. The van der Waals surface area contributed by atoms with E-state index in [1.165, 1.54) is 69.4 Å². The number of allylic oxidation sites excluding steroid dienone is 2. The smallest absolute Gasteiger partial charge is 0.368 e. The van der Waals surface area contributed by atoms with Crippen LogP contribution in [0.3, 0.4) is 0 Å². The molecule has 0 aromatic heterocycles. The van der Waals surface area contributed by atoms with E-state index < -0.39 is 32.3 Å². The number of rotatable bonds is 4. The molecule has 0 aromatic rings. The molecule has 35 heavy (non-hydrogen) atoms. The molecule has 0 N–H and O–H groups in total. The van der Waals surface area contributed by atoms with E-state index in [2.05, 4.69) is 113 Å². The van der Waals surface area contributed by atoms with Crippen molar-refractivity contribution in [3.05, 3.63) is 33.6 Å². The molecule has 0 atom stereocenters. The predicted octanol–water partition coefficient (Wildman–Crippen LogP) is 10.2. The van der Waals surface area contributed by atoms with Crippen molar-refractivity contribution in [1.29, 1.82) is 0 Å². The van der Waals surface area contributed by atoms with Gasteiger partial charge in [0, 0.05) is 16.1 Å². The molecule has 0 aromatic carbocycles. The molecule has 194 valence electrons. The molecule has 5 heteroatoms. The van der Waals surface area contributed by atoms with Crippen molar-refractivity contribution in [3.8, 4) is 11.5 Å². The molecule has 2 aliphatic carbocycles. The quantitative estimate of drug-likeness (QED) is 0.0965. The second-order valence-corrected chi connectivity index (χ2v) is 33.3. The third-order valence-electron chi connectivity index (χ3n) is 5.19. The van der Waals surface area contributed by atoms with E-state index in [-0.39, 0.29) is 26.2 Å². The van der Waals surface area contributed by atoms with E-state index in [1.807, 2.05) is 0 Å². The Morgan fingerprint density at radius 2 is 0.943 bits per heavy atom. The van der Waals surface area contributed by atoms with Crippen LogP contribution in [0.25, 0.3) is 0 Å². The maximum atomic E-state index is 3.77. The summed E-state index contributed by atoms with van der Waals surface area (Å²) in [6, 6.07) is 0. The Bertz CT molecular complexity index is 754. The molecule has 2 saturated carbocycles. The van der Waals surface area contributed by atoms with E-state index in [0.29, 0.717) is 0 Å². The van der Waals surface area contributed by atoms with Gasteiger partial charge in [-0.1, -0.05) is 143 Å². The Morgan fingerprint density at radius 3 is 1.20 bits per heavy atom. The van der Waals surface area contributed by atoms with Crippen LogP contribution in [0.2, 0.25) is 78.6 Å². The molecule has 0 spiro atoms. The molecule has 2 aliphatic rings. The maximum absolute atomic E-state index is 3.77. The molecule has 0 aliphatic heterocycles. The Hall–Kier alpha value is 0.351. The standard InChI is InChI=1S/C20H36Si4.2C5H10.Zr/c1-21(2,3)16-13-14-20(24(10,11)12)19(18-23(7,8)9)15-17-22(4,5)6;2*1-2-4-5-3-1;/h1-12H3;2*1-5H2;/q-2;;;+4. The summed E-state index contributed by atoms with van der Waals surface area (Å²) in [6.45, 7) is 27.7. The molecule has 0 heterocycles. The first-order valence-electron chi connectivity index (χ1n) is 13.8. The van der Waals surface area contributed by atoms with Gasteiger partial charge >= 0.3 is 26.2 Å². The molecule has 2 rings (SSSR count). The van der Waals surface area contributed by atoms with Gasteiger partial charge in [0.15, 0.2) is 0 Å². The van der Waals surface area contributed by atoms with E-state index in [0.717, 1.165) is 5.57 Å². The third-order valence-corrected chi connectivity index (χ3v) is 9.81. The second kappa shape index (κ2) is 17.8. The fraction of sp³-hybridized carbons (Fsp3) is 0.733. The normalized spacial score (nSPS) is 16.1. The zero-order valence-electron chi connectivity index (χ0n) is 25.6. The largest absolute Gasteiger partial charge is 4.00 e. The summed E-state index contributed by atoms with van der Waals surface area (Å²) in [6.07, 6.45) is 15.0. The van der Waals surface area contributed by atoms with Crippen molar-refractivity contribution >= 4 is 32.3 Å². The van der Waals surface area contributed by atoms with Crippen LogP contribution < -0.4 is 0 Å². The van der Waals surface area contributed by atoms with Crippen LogP contribution in [0.15, 0.2) is 22.2 Å². The monoisotopic (exact) mass is 618 g/mol. The van der Waals surface area contributed by atoms with Crippen molar-refractivity contribution in [3.63, 3.8) is 0 Å². The zero-order chi connectivity index (χ0) is 26.5. The molecule has 0 bridgehead atoms. The van der Waals surface area contributed by atoms with Crippen LogP contribution >= 0.6 is 0 Å². The Balaban J connectivity index is 0. The van der Waals surface area contributed by atoms with E-state index in [4.69, 9.17) is 0 Å². The maximum Gasteiger partial charge on any atom is 4.00 e. The Morgan fingerprint density at radius 1 is 0.571 bits per heavy atom. The number of hydrogen-bond donors (Lipinski definition) is 0. The topological polar surface area (TPSA) is 0 Å². The summed E-state index contributed by atoms with van der Waals surface area (Å²) in [4.78, 5) is 0. The SMILES string of the molecule is C1CCCC1.C1CCCC1.C[Si](C)(C)C#CC(=[C-][Si](C)(C)C)C(=C=C=[C-][Si](C)(C)C)[Si](C)(C)C.[Zr+4]. The first-order valence-corrected chi connectivity index (χ1v) is 27.8. The molecule has 0 radical (unpaired) electrons. The minimum Gasteiger partial charge on any atom is -0.368 e. The summed E-state index contributed by atoms with van der Waals surface area (Å²) in [5.41, 5.74) is 18.5. The summed E-state index contributed by atoms with van der Waals surface area (Å²) in [7, 11) is -5.88. The third kappa shape index (κ3) is 24.4. The second-order valence-electron chi connectivity index (χ2n) is 14.0. The van der Waals surface area contributed by atoms with Gasteiger partial charge < -0.3 is 11.5 Å². The van der Waals surface area contributed by atoms with Crippen LogP contribution in [0.4, 0.5) is 0 Å². The van der Waals surface area contributed by atoms with E-state index in [1.54, 1.807) is 0 Å². The first kappa shape index (κ1) is 37.5. The van der Waals surface area contributed by atoms with Gasteiger partial charge in [-0.05, 0) is 8.07 Å². The van der Waals surface area contributed by atoms with Gasteiger partial charge in [-0.2, -0.15) is 16.5 Å². The first-order chi connectivity index (χ1) is 15.4. The fourth-order valence-corrected chi connectivity index (χ4v) is 6.77. The molecule has 0 amide bonds. The molecule has 0 unspecified atom stereocenters. The average molecular weight is 620 g/mol. The van der Waals surface area contributed by atoms with Crippen LogP contribution in [0.1, 0.15) is 64.2 Å². The summed E-state index contributed by atoms with van der Waals surface area (Å²) < 4.78 is 0. The van der Waals surface area contributed by atoms with Gasteiger partial charge in [-0.25, -0.2) is 17.2 Å². The van der Waals surface area contributed by atoms with E-state index in [9.17, 15) is 0 Å². The summed E-state index contributed by atoms with van der Waals surface area (Å²) in [5, 5.41) is 1.25. The molecular formula is C30H56Si4Zr+2. The minimum absolute atomic E-state index is 0. The Labute approximate surface area is 244 Å². The van der Waals surface area contributed by atoms with Crippen molar-refractivity contribution < 1.29 is 26.2 Å². The summed E-state index contributed by atoms with van der Waals surface area (Å²) >= 11 is 0. The van der Waals surface area contributed by atoms with Crippen LogP contribution in [0.5, 0.6) is 0 Å². The van der Waals surface area contributed by atoms with Crippen molar-refractivity contribution in [1.82, 2.24) is 0 Å². The Kier molecular flexibility index (Phi) is 19.1. The fourth-order valence-electron chi connectivity index (χ4n) is 3.46. The predicted molar refractivity (Wildman–Crippen MR) is 168 cm³/mol. The van der Waals surface area contributed by atoms with Gasteiger partial charge in [0.2, 0.25) is 0 Å². The summed E-state index contributed by atoms with van der Waals surface area (Å²) in [5.74, 6) is 3.50. The molecule has 0 saturated heterocycles. The molecule has 2 fully saturated rings. The van der Waals surface area contributed by atoms with Crippen molar-refractivity contribution in [2.45, 2.75) is 143 Å². The van der Waals surface area contributed by atoms with Gasteiger partial charge in [0.05, 0.1) is 0 Å². The van der Waals surface area contributed by atoms with Gasteiger partial charge in [0.1, 0.15) is 8.07 Å². The van der Waals surface area contributed by atoms with Crippen LogP contribution in [-0.4, -0.2) is 32.3 Å². The average Bonchev–Trinajstić information content (AvgIpc) is 3.37. The molecular weight excluding hydrogens is 564 g/mol. The van der Waals surface area contributed by atoms with Crippen LogP contribution in [0, 0.1) is 22.9 Å². The minimum atomic E-state index is -1.59. The van der Waals surface area contributed by atoms with Gasteiger partial charge in [-0.15, -0.1) is 0 Å². The van der Waals surface area contributed by atoms with Crippen LogP contribution in [-0.2, 0) is 26.2 Å².